The third kappa shape index (κ3) is 6.58. The molecule has 0 saturated heterocycles. The Morgan fingerprint density at radius 1 is 1.00 bits per heavy atom. The minimum absolute atomic E-state index is 0.0817. The number of hydrogen-bond donors (Lipinski definition) is 2. The maximum atomic E-state index is 12.0. The first-order valence-electron chi connectivity index (χ1n) is 8.97. The van der Waals surface area contributed by atoms with Crippen molar-refractivity contribution in [3.05, 3.63) is 70.8 Å². The first kappa shape index (κ1) is 20.2. The standard InChI is InChI=1S/C21H26N4O2/c1-2-27-21(26)13-20(19-10-8-18(9-11-19)15-25-23)12-7-16-3-5-17(6-4-16)14-24-22/h3-6,8-11,14-15,20H,2,7,12-13,22-23H2,1H3. The molecule has 2 aromatic rings. The number of esters is 1. The number of aryl methyl sites for hydroxylation is 1. The van der Waals surface area contributed by atoms with Gasteiger partial charge in [0.05, 0.1) is 25.5 Å². The number of rotatable bonds is 9. The number of benzene rings is 2. The molecule has 0 heterocycles. The van der Waals surface area contributed by atoms with Crippen molar-refractivity contribution in [3.63, 3.8) is 0 Å². The minimum atomic E-state index is -0.176. The first-order chi connectivity index (χ1) is 13.2. The van der Waals surface area contributed by atoms with E-state index in [0.29, 0.717) is 13.0 Å². The largest absolute Gasteiger partial charge is 0.466 e. The van der Waals surface area contributed by atoms with Crippen LogP contribution < -0.4 is 11.7 Å². The van der Waals surface area contributed by atoms with E-state index in [0.717, 1.165) is 29.5 Å². The van der Waals surface area contributed by atoms with Gasteiger partial charge in [0, 0.05) is 0 Å². The molecule has 4 N–H and O–H groups in total. The molecule has 6 nitrogen and oxygen atoms in total. The molecule has 0 aliphatic rings. The van der Waals surface area contributed by atoms with Crippen LogP contribution in [0.2, 0.25) is 0 Å². The predicted molar refractivity (Wildman–Crippen MR) is 109 cm³/mol. The van der Waals surface area contributed by atoms with Crippen LogP contribution in [0.3, 0.4) is 0 Å². The molecular weight excluding hydrogens is 340 g/mol. The zero-order valence-corrected chi connectivity index (χ0v) is 15.5. The SMILES string of the molecule is CCOC(=O)CC(CCc1ccc(C=NN)cc1)c1ccc(C=NN)cc1. The van der Waals surface area contributed by atoms with Crippen molar-refractivity contribution in [1.29, 1.82) is 0 Å². The molecule has 6 heteroatoms. The van der Waals surface area contributed by atoms with E-state index in [2.05, 4.69) is 22.3 Å². The highest BCUT2D eigenvalue weighted by Crippen LogP contribution is 2.26. The number of carbonyl (C=O) groups is 1. The predicted octanol–water partition coefficient (Wildman–Crippen LogP) is 2.94. The summed E-state index contributed by atoms with van der Waals surface area (Å²) in [6.45, 7) is 2.21. The summed E-state index contributed by atoms with van der Waals surface area (Å²) in [4.78, 5) is 12.0. The van der Waals surface area contributed by atoms with Crippen molar-refractivity contribution in [2.75, 3.05) is 6.61 Å². The summed E-state index contributed by atoms with van der Waals surface area (Å²) >= 11 is 0. The Morgan fingerprint density at radius 2 is 1.56 bits per heavy atom. The fraction of sp³-hybridized carbons (Fsp3) is 0.286. The van der Waals surface area contributed by atoms with Gasteiger partial charge in [-0.3, -0.25) is 4.79 Å². The van der Waals surface area contributed by atoms with Crippen LogP contribution in [-0.2, 0) is 16.0 Å². The molecule has 0 bridgehead atoms. The molecule has 0 aromatic heterocycles. The van der Waals surface area contributed by atoms with Crippen molar-refractivity contribution < 1.29 is 9.53 Å². The number of nitrogens with two attached hydrogens (primary N) is 2. The number of nitrogens with zero attached hydrogens (tertiary/aromatic N) is 2. The van der Waals surface area contributed by atoms with Crippen molar-refractivity contribution in [3.8, 4) is 0 Å². The van der Waals surface area contributed by atoms with Crippen molar-refractivity contribution in [1.82, 2.24) is 0 Å². The second kappa shape index (κ2) is 10.8. The summed E-state index contributed by atoms with van der Waals surface area (Å²) < 4.78 is 5.15. The molecule has 0 fully saturated rings. The van der Waals surface area contributed by atoms with E-state index in [-0.39, 0.29) is 11.9 Å². The van der Waals surface area contributed by atoms with Gasteiger partial charge < -0.3 is 16.4 Å². The summed E-state index contributed by atoms with van der Waals surface area (Å²) in [5.74, 6) is 10.3. The van der Waals surface area contributed by atoms with Crippen LogP contribution in [0, 0.1) is 0 Å². The van der Waals surface area contributed by atoms with Gasteiger partial charge in [0.15, 0.2) is 0 Å². The Morgan fingerprint density at radius 3 is 2.07 bits per heavy atom. The number of carbonyl (C=O) groups excluding carboxylic acids is 1. The molecule has 2 rings (SSSR count). The minimum Gasteiger partial charge on any atom is -0.466 e. The van der Waals surface area contributed by atoms with Crippen molar-refractivity contribution in [2.45, 2.75) is 32.1 Å². The lowest BCUT2D eigenvalue weighted by molar-refractivity contribution is -0.143. The molecule has 27 heavy (non-hydrogen) atoms. The summed E-state index contributed by atoms with van der Waals surface area (Å²) in [7, 11) is 0. The molecule has 1 unspecified atom stereocenters. The van der Waals surface area contributed by atoms with E-state index in [4.69, 9.17) is 16.4 Å². The summed E-state index contributed by atoms with van der Waals surface area (Å²) in [5.41, 5.74) is 4.18. The topological polar surface area (TPSA) is 103 Å². The maximum Gasteiger partial charge on any atom is 0.306 e. The molecule has 0 radical (unpaired) electrons. The third-order valence-corrected chi connectivity index (χ3v) is 4.33. The van der Waals surface area contributed by atoms with Gasteiger partial charge in [0.1, 0.15) is 0 Å². The van der Waals surface area contributed by atoms with E-state index in [1.807, 2.05) is 43.3 Å². The Bertz CT molecular complexity index is 768. The molecule has 0 aliphatic heterocycles. The van der Waals surface area contributed by atoms with Crippen LogP contribution in [0.25, 0.3) is 0 Å². The smallest absolute Gasteiger partial charge is 0.306 e. The highest BCUT2D eigenvalue weighted by atomic mass is 16.5. The van der Waals surface area contributed by atoms with Gasteiger partial charge in [0.2, 0.25) is 0 Å². The van der Waals surface area contributed by atoms with E-state index in [1.165, 1.54) is 5.56 Å². The normalized spacial score (nSPS) is 12.5. The average molecular weight is 366 g/mol. The van der Waals surface area contributed by atoms with Gasteiger partial charge in [-0.2, -0.15) is 10.2 Å². The zero-order valence-electron chi connectivity index (χ0n) is 15.5. The van der Waals surface area contributed by atoms with Crippen LogP contribution in [0.5, 0.6) is 0 Å². The number of hydrogen-bond acceptors (Lipinski definition) is 6. The Kier molecular flexibility index (Phi) is 8.03. The van der Waals surface area contributed by atoms with Gasteiger partial charge in [-0.15, -0.1) is 0 Å². The molecule has 0 spiro atoms. The summed E-state index contributed by atoms with van der Waals surface area (Å²) in [6, 6.07) is 16.0. The molecule has 1 atom stereocenters. The van der Waals surface area contributed by atoms with Gasteiger partial charge in [-0.05, 0) is 47.9 Å². The highest BCUT2D eigenvalue weighted by molar-refractivity contribution is 5.79. The van der Waals surface area contributed by atoms with Gasteiger partial charge in [-0.1, -0.05) is 48.5 Å². The highest BCUT2D eigenvalue weighted by Gasteiger charge is 2.17. The van der Waals surface area contributed by atoms with Crippen LogP contribution in [0.1, 0.15) is 47.9 Å². The van der Waals surface area contributed by atoms with Gasteiger partial charge in [-0.25, -0.2) is 0 Å². The third-order valence-electron chi connectivity index (χ3n) is 4.33. The lowest BCUT2D eigenvalue weighted by Crippen LogP contribution is -2.11. The quantitative estimate of drug-likeness (QED) is 0.308. The number of hydrazone groups is 2. The van der Waals surface area contributed by atoms with Gasteiger partial charge >= 0.3 is 5.97 Å². The van der Waals surface area contributed by atoms with Crippen molar-refractivity contribution in [2.24, 2.45) is 21.9 Å². The maximum absolute atomic E-state index is 12.0. The van der Waals surface area contributed by atoms with Crippen LogP contribution >= 0.6 is 0 Å². The Labute approximate surface area is 159 Å². The van der Waals surface area contributed by atoms with Crippen molar-refractivity contribution >= 4 is 18.4 Å². The summed E-state index contributed by atoms with van der Waals surface area (Å²) in [6.07, 6.45) is 5.26. The van der Waals surface area contributed by atoms with Crippen LogP contribution in [0.4, 0.5) is 0 Å². The Hall–Kier alpha value is -3.15. The van der Waals surface area contributed by atoms with Gasteiger partial charge in [0.25, 0.3) is 0 Å². The number of ether oxygens (including phenoxy) is 1. The lowest BCUT2D eigenvalue weighted by atomic mass is 9.89. The van der Waals surface area contributed by atoms with E-state index >= 15 is 0 Å². The monoisotopic (exact) mass is 366 g/mol. The second-order valence-electron chi connectivity index (χ2n) is 6.21. The van der Waals surface area contributed by atoms with E-state index in [9.17, 15) is 4.79 Å². The van der Waals surface area contributed by atoms with E-state index < -0.39 is 0 Å². The second-order valence-corrected chi connectivity index (χ2v) is 6.21. The first-order valence-corrected chi connectivity index (χ1v) is 8.97. The average Bonchev–Trinajstić information content (AvgIpc) is 2.68. The van der Waals surface area contributed by atoms with Crippen LogP contribution in [0.15, 0.2) is 58.7 Å². The Balaban J connectivity index is 2.10. The molecule has 0 amide bonds. The molecule has 2 aromatic carbocycles. The molecule has 0 aliphatic carbocycles. The lowest BCUT2D eigenvalue weighted by Gasteiger charge is -2.17. The fourth-order valence-corrected chi connectivity index (χ4v) is 2.95. The molecule has 0 saturated carbocycles. The molecule has 142 valence electrons. The van der Waals surface area contributed by atoms with E-state index in [1.54, 1.807) is 12.4 Å². The summed E-state index contributed by atoms with van der Waals surface area (Å²) in [5, 5.41) is 7.06. The fourth-order valence-electron chi connectivity index (χ4n) is 2.95. The molecular formula is C21H26N4O2. The zero-order chi connectivity index (χ0) is 19.5. The van der Waals surface area contributed by atoms with Crippen LogP contribution in [-0.4, -0.2) is 25.0 Å².